The number of hydrogen-bond donors (Lipinski definition) is 0. The Bertz CT molecular complexity index is 964. The Hall–Kier alpha value is -2.95. The van der Waals surface area contributed by atoms with E-state index in [1.54, 1.807) is 41.8 Å². The first-order chi connectivity index (χ1) is 12.0. The van der Waals surface area contributed by atoms with Crippen LogP contribution in [0, 0.1) is 0 Å². The SMILES string of the molecule is CCC(c1nc2ccccc2c(=O)n1C)N(C)C(=O)c1ccccc1. The van der Waals surface area contributed by atoms with Gasteiger partial charge < -0.3 is 4.90 Å². The van der Waals surface area contributed by atoms with Gasteiger partial charge in [-0.2, -0.15) is 0 Å². The van der Waals surface area contributed by atoms with Gasteiger partial charge in [0.15, 0.2) is 0 Å². The van der Waals surface area contributed by atoms with Crippen LogP contribution < -0.4 is 5.56 Å². The lowest BCUT2D eigenvalue weighted by Crippen LogP contribution is -2.35. The molecule has 3 rings (SSSR count). The molecule has 0 saturated heterocycles. The highest BCUT2D eigenvalue weighted by atomic mass is 16.2. The summed E-state index contributed by atoms with van der Waals surface area (Å²) in [5.41, 5.74) is 1.17. The quantitative estimate of drug-likeness (QED) is 0.736. The topological polar surface area (TPSA) is 55.2 Å². The minimum atomic E-state index is -0.282. The van der Waals surface area contributed by atoms with Crippen LogP contribution in [-0.2, 0) is 7.05 Å². The lowest BCUT2D eigenvalue weighted by atomic mass is 10.1. The molecule has 1 heterocycles. The van der Waals surface area contributed by atoms with Gasteiger partial charge in [-0.15, -0.1) is 0 Å². The van der Waals surface area contributed by atoms with Gasteiger partial charge in [-0.1, -0.05) is 37.3 Å². The molecule has 0 spiro atoms. The maximum absolute atomic E-state index is 12.8. The van der Waals surface area contributed by atoms with Crippen molar-refractivity contribution in [1.29, 1.82) is 0 Å². The highest BCUT2D eigenvalue weighted by Gasteiger charge is 2.25. The molecule has 5 heteroatoms. The summed E-state index contributed by atoms with van der Waals surface area (Å²) in [6.07, 6.45) is 0.660. The average Bonchev–Trinajstić information content (AvgIpc) is 2.66. The predicted octanol–water partition coefficient (Wildman–Crippen LogP) is 3.16. The number of carbonyl (C=O) groups excluding carboxylic acids is 1. The highest BCUT2D eigenvalue weighted by Crippen LogP contribution is 2.23. The fraction of sp³-hybridized carbons (Fsp3) is 0.250. The monoisotopic (exact) mass is 335 g/mol. The Kier molecular flexibility index (Phi) is 4.65. The lowest BCUT2D eigenvalue weighted by molar-refractivity contribution is 0.0716. The van der Waals surface area contributed by atoms with E-state index in [4.69, 9.17) is 0 Å². The Labute approximate surface area is 146 Å². The number of carbonyl (C=O) groups is 1. The first kappa shape index (κ1) is 16.9. The minimum Gasteiger partial charge on any atom is -0.332 e. The van der Waals surface area contributed by atoms with Crippen LogP contribution in [0.1, 0.15) is 35.6 Å². The van der Waals surface area contributed by atoms with Crippen LogP contribution in [0.3, 0.4) is 0 Å². The van der Waals surface area contributed by atoms with Gasteiger partial charge in [-0.25, -0.2) is 4.98 Å². The molecule has 25 heavy (non-hydrogen) atoms. The number of hydrogen-bond acceptors (Lipinski definition) is 3. The van der Waals surface area contributed by atoms with Crippen molar-refractivity contribution in [2.75, 3.05) is 7.05 Å². The van der Waals surface area contributed by atoms with Crippen molar-refractivity contribution in [3.63, 3.8) is 0 Å². The zero-order valence-corrected chi connectivity index (χ0v) is 14.6. The Balaban J connectivity index is 2.06. The third-order valence-corrected chi connectivity index (χ3v) is 4.51. The summed E-state index contributed by atoms with van der Waals surface area (Å²) in [6, 6.07) is 16.1. The lowest BCUT2D eigenvalue weighted by Gasteiger charge is -2.28. The minimum absolute atomic E-state index is 0.0881. The van der Waals surface area contributed by atoms with Gasteiger partial charge in [-0.3, -0.25) is 14.2 Å². The molecule has 0 N–H and O–H groups in total. The van der Waals surface area contributed by atoms with Crippen LogP contribution in [-0.4, -0.2) is 27.4 Å². The maximum Gasteiger partial charge on any atom is 0.261 e. The molecule has 0 fully saturated rings. The molecule has 0 aliphatic carbocycles. The molecular formula is C20H21N3O2. The van der Waals surface area contributed by atoms with Gasteiger partial charge in [0.05, 0.1) is 16.9 Å². The predicted molar refractivity (Wildman–Crippen MR) is 98.6 cm³/mol. The smallest absolute Gasteiger partial charge is 0.261 e. The normalized spacial score (nSPS) is 12.1. The second-order valence-corrected chi connectivity index (χ2v) is 6.06. The molecule has 2 aromatic carbocycles. The summed E-state index contributed by atoms with van der Waals surface area (Å²) in [7, 11) is 3.46. The van der Waals surface area contributed by atoms with E-state index in [0.29, 0.717) is 28.7 Å². The van der Waals surface area contributed by atoms with Gasteiger partial charge in [0, 0.05) is 19.7 Å². The Morgan fingerprint density at radius 3 is 2.44 bits per heavy atom. The number of aromatic nitrogens is 2. The standard InChI is InChI=1S/C20H21N3O2/c1-4-17(22(2)19(24)14-10-6-5-7-11-14)18-21-16-13-9-8-12-15(16)20(25)23(18)3/h5-13,17H,4H2,1-3H3. The molecule has 0 aliphatic rings. The van der Waals surface area contributed by atoms with E-state index in [9.17, 15) is 9.59 Å². The van der Waals surface area contributed by atoms with Crippen LogP contribution >= 0.6 is 0 Å². The van der Waals surface area contributed by atoms with E-state index in [-0.39, 0.29) is 17.5 Å². The largest absolute Gasteiger partial charge is 0.332 e. The molecule has 0 aliphatic heterocycles. The maximum atomic E-state index is 12.8. The number of fused-ring (bicyclic) bond motifs is 1. The van der Waals surface area contributed by atoms with Crippen LogP contribution in [0.4, 0.5) is 0 Å². The van der Waals surface area contributed by atoms with E-state index in [0.717, 1.165) is 0 Å². The molecule has 5 nitrogen and oxygen atoms in total. The second kappa shape index (κ2) is 6.89. The van der Waals surface area contributed by atoms with E-state index in [1.807, 2.05) is 43.3 Å². The zero-order valence-electron chi connectivity index (χ0n) is 14.6. The molecule has 1 aromatic heterocycles. The molecule has 1 unspecified atom stereocenters. The fourth-order valence-electron chi connectivity index (χ4n) is 3.09. The average molecular weight is 335 g/mol. The van der Waals surface area contributed by atoms with Crippen molar-refractivity contribution in [3.05, 3.63) is 76.3 Å². The van der Waals surface area contributed by atoms with E-state index in [1.165, 1.54) is 0 Å². The first-order valence-corrected chi connectivity index (χ1v) is 8.32. The van der Waals surface area contributed by atoms with Gasteiger partial charge in [0.2, 0.25) is 0 Å². The van der Waals surface area contributed by atoms with Gasteiger partial charge in [-0.05, 0) is 30.7 Å². The summed E-state index contributed by atoms with van der Waals surface area (Å²) < 4.78 is 1.55. The van der Waals surface area contributed by atoms with Crippen molar-refractivity contribution in [2.24, 2.45) is 7.05 Å². The van der Waals surface area contributed by atoms with Crippen molar-refractivity contribution < 1.29 is 4.79 Å². The van der Waals surface area contributed by atoms with Gasteiger partial charge in [0.1, 0.15) is 5.82 Å². The van der Waals surface area contributed by atoms with E-state index >= 15 is 0 Å². The third-order valence-electron chi connectivity index (χ3n) is 4.51. The first-order valence-electron chi connectivity index (χ1n) is 8.32. The molecule has 3 aromatic rings. The second-order valence-electron chi connectivity index (χ2n) is 6.06. The van der Waals surface area contributed by atoms with Crippen LogP contribution in [0.15, 0.2) is 59.4 Å². The van der Waals surface area contributed by atoms with Crippen molar-refractivity contribution in [3.8, 4) is 0 Å². The van der Waals surface area contributed by atoms with Crippen LogP contribution in [0.2, 0.25) is 0 Å². The fourth-order valence-corrected chi connectivity index (χ4v) is 3.09. The highest BCUT2D eigenvalue weighted by molar-refractivity contribution is 5.94. The van der Waals surface area contributed by atoms with Gasteiger partial charge >= 0.3 is 0 Å². The molecule has 1 amide bonds. The summed E-state index contributed by atoms with van der Waals surface area (Å²) in [6.45, 7) is 1.99. The zero-order chi connectivity index (χ0) is 18.0. The van der Waals surface area contributed by atoms with Crippen molar-refractivity contribution in [1.82, 2.24) is 14.5 Å². The Morgan fingerprint density at radius 1 is 1.12 bits per heavy atom. The third kappa shape index (κ3) is 3.05. The number of rotatable bonds is 4. The van der Waals surface area contributed by atoms with Gasteiger partial charge in [0.25, 0.3) is 11.5 Å². The van der Waals surface area contributed by atoms with Crippen molar-refractivity contribution >= 4 is 16.8 Å². The number of para-hydroxylation sites is 1. The summed E-state index contributed by atoms with van der Waals surface area (Å²) in [4.78, 5) is 31.8. The molecule has 128 valence electrons. The van der Waals surface area contributed by atoms with Crippen LogP contribution in [0.25, 0.3) is 10.9 Å². The molecule has 0 bridgehead atoms. The molecule has 0 radical (unpaired) electrons. The number of benzene rings is 2. The van der Waals surface area contributed by atoms with E-state index < -0.39 is 0 Å². The molecule has 0 saturated carbocycles. The molecule has 1 atom stereocenters. The molecular weight excluding hydrogens is 314 g/mol. The summed E-state index contributed by atoms with van der Waals surface area (Å²) in [5.74, 6) is 0.507. The number of amides is 1. The van der Waals surface area contributed by atoms with Crippen molar-refractivity contribution in [2.45, 2.75) is 19.4 Å². The summed E-state index contributed by atoms with van der Waals surface area (Å²) >= 11 is 0. The number of nitrogens with zero attached hydrogens (tertiary/aromatic N) is 3. The van der Waals surface area contributed by atoms with Crippen LogP contribution in [0.5, 0.6) is 0 Å². The Morgan fingerprint density at radius 2 is 1.76 bits per heavy atom. The summed E-state index contributed by atoms with van der Waals surface area (Å²) in [5, 5.41) is 0.584. The van der Waals surface area contributed by atoms with E-state index in [2.05, 4.69) is 4.98 Å².